The van der Waals surface area contributed by atoms with E-state index in [1.54, 1.807) is 0 Å². The van der Waals surface area contributed by atoms with Gasteiger partial charge in [-0.1, -0.05) is 158 Å². The van der Waals surface area contributed by atoms with Gasteiger partial charge in [-0.05, 0) is 121 Å². The first-order chi connectivity index (χ1) is 23.8. The van der Waals surface area contributed by atoms with E-state index < -0.39 is 0 Å². The fraction of sp³-hybridized carbons (Fsp3) is 0. The van der Waals surface area contributed by atoms with E-state index in [9.17, 15) is 0 Å². The molecule has 0 nitrogen and oxygen atoms in total. The largest absolute Gasteiger partial charge is 0.0616 e. The predicted octanol–water partition coefficient (Wildman–Crippen LogP) is 13.6. The van der Waals surface area contributed by atoms with Gasteiger partial charge in [-0.2, -0.15) is 0 Å². The van der Waals surface area contributed by atoms with Gasteiger partial charge in [-0.25, -0.2) is 0 Å². The van der Waals surface area contributed by atoms with E-state index >= 15 is 0 Å². The highest BCUT2D eigenvalue weighted by Crippen LogP contribution is 2.43. The Hall–Kier alpha value is -6.24. The lowest BCUT2D eigenvalue weighted by Gasteiger charge is -2.17. The molecular weight excluding hydrogens is 577 g/mol. The van der Waals surface area contributed by atoms with Crippen LogP contribution >= 0.6 is 0 Å². The van der Waals surface area contributed by atoms with Crippen molar-refractivity contribution in [2.24, 2.45) is 0 Å². The second-order valence-corrected chi connectivity index (χ2v) is 13.3. The molecule has 48 heavy (non-hydrogen) atoms. The third-order valence-corrected chi connectivity index (χ3v) is 10.7. The molecule has 0 aliphatic carbocycles. The molecule has 0 aliphatic heterocycles. The normalized spacial score (nSPS) is 12.2. The molecule has 0 aliphatic rings. The highest BCUT2D eigenvalue weighted by Gasteiger charge is 2.16. The maximum atomic E-state index is 2.40. The van der Waals surface area contributed by atoms with Crippen LogP contribution in [0.2, 0.25) is 0 Å². The van der Waals surface area contributed by atoms with Crippen molar-refractivity contribution in [2.45, 2.75) is 0 Å². The summed E-state index contributed by atoms with van der Waals surface area (Å²) in [5.41, 5.74) is 7.53. The molecule has 0 spiro atoms. The highest BCUT2D eigenvalue weighted by molar-refractivity contribution is 6.27. The van der Waals surface area contributed by atoms with Crippen LogP contribution in [-0.2, 0) is 0 Å². The van der Waals surface area contributed by atoms with Gasteiger partial charge in [0.05, 0.1) is 0 Å². The Morgan fingerprint density at radius 3 is 1.29 bits per heavy atom. The van der Waals surface area contributed by atoms with Crippen LogP contribution in [-0.4, -0.2) is 0 Å². The van der Waals surface area contributed by atoms with Gasteiger partial charge in [0.2, 0.25) is 0 Å². The molecule has 11 rings (SSSR count). The second kappa shape index (κ2) is 9.64. The molecule has 0 heteroatoms. The maximum Gasteiger partial charge on any atom is -0.00206 e. The molecule has 0 heterocycles. The van der Waals surface area contributed by atoms with Crippen molar-refractivity contribution in [1.82, 2.24) is 0 Å². The molecule has 0 aromatic heterocycles. The van der Waals surface area contributed by atoms with E-state index in [0.29, 0.717) is 0 Å². The molecule has 0 N–H and O–H groups in total. The third kappa shape index (κ3) is 3.60. The lowest BCUT2D eigenvalue weighted by atomic mass is 9.87. The van der Waals surface area contributed by atoms with Crippen molar-refractivity contribution in [3.8, 4) is 33.4 Å². The number of fused-ring (bicyclic) bond motifs is 1. The topological polar surface area (TPSA) is 0 Å². The zero-order valence-corrected chi connectivity index (χ0v) is 26.2. The minimum atomic E-state index is 1.22. The minimum absolute atomic E-state index is 1.22. The van der Waals surface area contributed by atoms with E-state index in [-0.39, 0.29) is 0 Å². The third-order valence-electron chi connectivity index (χ3n) is 10.7. The number of benzene rings is 11. The molecule has 0 saturated heterocycles. The summed E-state index contributed by atoms with van der Waals surface area (Å²) in [6.45, 7) is 0. The highest BCUT2D eigenvalue weighted by atomic mass is 14.2. The Bertz CT molecular complexity index is 3000. The lowest BCUT2D eigenvalue weighted by molar-refractivity contribution is 1.62. The summed E-state index contributed by atoms with van der Waals surface area (Å²) in [6, 6.07) is 63.4. The van der Waals surface area contributed by atoms with E-state index in [4.69, 9.17) is 0 Å². The zero-order chi connectivity index (χ0) is 31.3. The Morgan fingerprint density at radius 2 is 0.667 bits per heavy atom. The van der Waals surface area contributed by atoms with Crippen LogP contribution in [0.3, 0.4) is 0 Å². The molecule has 0 fully saturated rings. The summed E-state index contributed by atoms with van der Waals surface area (Å²) in [6.07, 6.45) is 0. The van der Waals surface area contributed by atoms with E-state index in [2.05, 4.69) is 170 Å². The molecule has 0 bridgehead atoms. The summed E-state index contributed by atoms with van der Waals surface area (Å²) >= 11 is 0. The first kappa shape index (κ1) is 25.9. The van der Waals surface area contributed by atoms with Crippen molar-refractivity contribution >= 4 is 75.4 Å². The summed E-state index contributed by atoms with van der Waals surface area (Å²) < 4.78 is 0. The summed E-state index contributed by atoms with van der Waals surface area (Å²) in [7, 11) is 0. The van der Waals surface area contributed by atoms with Crippen LogP contribution in [0, 0.1) is 0 Å². The molecule has 0 atom stereocenters. The van der Waals surface area contributed by atoms with Crippen molar-refractivity contribution in [3.63, 3.8) is 0 Å². The summed E-state index contributed by atoms with van der Waals surface area (Å²) in [5.74, 6) is 0. The second-order valence-electron chi connectivity index (χ2n) is 13.3. The van der Waals surface area contributed by atoms with Crippen LogP contribution in [0.25, 0.3) is 109 Å². The van der Waals surface area contributed by atoms with Gasteiger partial charge in [-0.15, -0.1) is 0 Å². The Balaban J connectivity index is 1.08. The van der Waals surface area contributed by atoms with E-state index in [0.717, 1.165) is 0 Å². The molecule has 11 aromatic carbocycles. The molecule has 0 unspecified atom stereocenters. The number of rotatable bonds is 3. The van der Waals surface area contributed by atoms with Gasteiger partial charge in [0.15, 0.2) is 0 Å². The smallest absolute Gasteiger partial charge is 0.00206 e. The first-order valence-electron chi connectivity index (χ1n) is 16.8. The average Bonchev–Trinajstić information content (AvgIpc) is 3.15. The fourth-order valence-corrected chi connectivity index (χ4v) is 8.50. The standard InChI is InChI=1S/C48H28/c1-2-10-39-37(5-1)27-38(28-44(39)41-24-20-36-18-16-32-7-4-9-34-22-26-43(41)48(36)46(32)34)29-11-13-30(14-12-29)40-23-19-35-17-15-31-6-3-8-33-21-25-42(40)47(35)45(31)33/h1-28H. The van der Waals surface area contributed by atoms with Crippen LogP contribution in [0.1, 0.15) is 0 Å². The Labute approximate surface area is 277 Å². The molecule has 0 amide bonds. The summed E-state index contributed by atoms with van der Waals surface area (Å²) in [5, 5.41) is 18.4. The van der Waals surface area contributed by atoms with Gasteiger partial charge >= 0.3 is 0 Å². The minimum Gasteiger partial charge on any atom is -0.0616 e. The van der Waals surface area contributed by atoms with Gasteiger partial charge in [0, 0.05) is 0 Å². The Morgan fingerprint density at radius 1 is 0.208 bits per heavy atom. The first-order valence-corrected chi connectivity index (χ1v) is 16.8. The van der Waals surface area contributed by atoms with Gasteiger partial charge in [0.1, 0.15) is 0 Å². The SMILES string of the molecule is c1ccc2c(-c3ccc4ccc5cccc6ccc3c4c56)cc(-c3ccc(-c4ccc5ccc6cccc7ccc4c5c67)cc3)cc2c1. The van der Waals surface area contributed by atoms with Crippen molar-refractivity contribution in [3.05, 3.63) is 170 Å². The Kier molecular flexibility index (Phi) is 5.20. The number of hydrogen-bond acceptors (Lipinski definition) is 0. The van der Waals surface area contributed by atoms with Crippen LogP contribution in [0.15, 0.2) is 170 Å². The van der Waals surface area contributed by atoms with Crippen molar-refractivity contribution < 1.29 is 0 Å². The average molecular weight is 605 g/mol. The monoisotopic (exact) mass is 604 g/mol. The van der Waals surface area contributed by atoms with Gasteiger partial charge in [-0.3, -0.25) is 0 Å². The van der Waals surface area contributed by atoms with Crippen LogP contribution in [0.5, 0.6) is 0 Å². The quantitative estimate of drug-likeness (QED) is 0.176. The maximum absolute atomic E-state index is 2.40. The fourth-order valence-electron chi connectivity index (χ4n) is 8.50. The molecule has 11 aromatic rings. The molecule has 0 radical (unpaired) electrons. The van der Waals surface area contributed by atoms with Gasteiger partial charge < -0.3 is 0 Å². The molecular formula is C48H28. The summed E-state index contributed by atoms with van der Waals surface area (Å²) in [4.78, 5) is 0. The zero-order valence-electron chi connectivity index (χ0n) is 26.2. The van der Waals surface area contributed by atoms with E-state index in [1.807, 2.05) is 0 Å². The van der Waals surface area contributed by atoms with Crippen LogP contribution in [0.4, 0.5) is 0 Å². The molecule has 0 saturated carbocycles. The van der Waals surface area contributed by atoms with E-state index in [1.165, 1.54) is 109 Å². The lowest BCUT2D eigenvalue weighted by Crippen LogP contribution is -1.90. The molecule has 220 valence electrons. The van der Waals surface area contributed by atoms with Crippen molar-refractivity contribution in [1.29, 1.82) is 0 Å². The van der Waals surface area contributed by atoms with Crippen LogP contribution < -0.4 is 0 Å². The van der Waals surface area contributed by atoms with Crippen molar-refractivity contribution in [2.75, 3.05) is 0 Å². The van der Waals surface area contributed by atoms with Gasteiger partial charge in [0.25, 0.3) is 0 Å². The number of hydrogen-bond donors (Lipinski definition) is 0. The predicted molar refractivity (Wildman–Crippen MR) is 208 cm³/mol.